The van der Waals surface area contributed by atoms with Crippen LogP contribution in [0.25, 0.3) is 11.5 Å². The molecule has 0 bridgehead atoms. The molecule has 1 aliphatic rings. The Morgan fingerprint density at radius 1 is 1.50 bits per heavy atom. The SMILES string of the molecule is O=c1ccnc(-c2cn(C3CC(O)[C@@H](CO)O3)cn2)[nH]1. The molecule has 3 atom stereocenters. The van der Waals surface area contributed by atoms with Crippen molar-refractivity contribution < 1.29 is 14.9 Å². The molecule has 3 heterocycles. The second kappa shape index (κ2) is 5.16. The number of nitrogens with zero attached hydrogens (tertiary/aromatic N) is 3. The lowest BCUT2D eigenvalue weighted by molar-refractivity contribution is -0.0443. The summed E-state index contributed by atoms with van der Waals surface area (Å²) in [4.78, 5) is 22.0. The Kier molecular flexibility index (Phi) is 3.35. The minimum absolute atomic E-state index is 0.229. The summed E-state index contributed by atoms with van der Waals surface area (Å²) in [5, 5.41) is 18.8. The fourth-order valence-corrected chi connectivity index (χ4v) is 2.18. The highest BCUT2D eigenvalue weighted by atomic mass is 16.5. The molecule has 0 saturated carbocycles. The number of aliphatic hydroxyl groups excluding tert-OH is 2. The Morgan fingerprint density at radius 2 is 2.35 bits per heavy atom. The number of H-pyrrole nitrogens is 1. The van der Waals surface area contributed by atoms with E-state index in [2.05, 4.69) is 15.0 Å². The second-order valence-electron chi connectivity index (χ2n) is 4.60. The molecule has 2 aromatic rings. The van der Waals surface area contributed by atoms with E-state index in [0.717, 1.165) is 0 Å². The van der Waals surface area contributed by atoms with Crippen LogP contribution in [0.4, 0.5) is 0 Å². The van der Waals surface area contributed by atoms with E-state index in [4.69, 9.17) is 9.84 Å². The van der Waals surface area contributed by atoms with E-state index >= 15 is 0 Å². The molecule has 1 saturated heterocycles. The van der Waals surface area contributed by atoms with Crippen LogP contribution in [0.5, 0.6) is 0 Å². The number of ether oxygens (including phenoxy) is 1. The molecular weight excluding hydrogens is 264 g/mol. The predicted octanol–water partition coefficient (Wildman–Crippen LogP) is -0.726. The molecule has 20 heavy (non-hydrogen) atoms. The monoisotopic (exact) mass is 278 g/mol. The smallest absolute Gasteiger partial charge is 0.251 e. The standard InChI is InChI=1S/C12H14N4O4/c17-5-9-8(18)3-11(20-9)16-4-7(14-6-16)12-13-2-1-10(19)15-12/h1-2,4,6,8-9,11,17-18H,3,5H2,(H,13,15,19)/t8?,9-,11?/m1/s1. The van der Waals surface area contributed by atoms with Gasteiger partial charge < -0.3 is 24.5 Å². The Bertz CT molecular complexity index is 653. The highest BCUT2D eigenvalue weighted by Gasteiger charge is 2.34. The molecule has 0 aliphatic carbocycles. The van der Waals surface area contributed by atoms with E-state index in [-0.39, 0.29) is 18.4 Å². The van der Waals surface area contributed by atoms with Crippen LogP contribution in [-0.4, -0.2) is 48.5 Å². The molecule has 8 nitrogen and oxygen atoms in total. The minimum Gasteiger partial charge on any atom is -0.394 e. The summed E-state index contributed by atoms with van der Waals surface area (Å²) in [7, 11) is 0. The van der Waals surface area contributed by atoms with Crippen molar-refractivity contribution in [1.29, 1.82) is 0 Å². The van der Waals surface area contributed by atoms with Crippen LogP contribution in [0.15, 0.2) is 29.6 Å². The van der Waals surface area contributed by atoms with Crippen molar-refractivity contribution in [3.8, 4) is 11.5 Å². The maximum Gasteiger partial charge on any atom is 0.251 e. The first-order chi connectivity index (χ1) is 9.67. The third kappa shape index (κ3) is 2.36. The maximum absolute atomic E-state index is 11.2. The molecule has 106 valence electrons. The van der Waals surface area contributed by atoms with Crippen LogP contribution in [0.1, 0.15) is 12.6 Å². The number of nitrogens with one attached hydrogen (secondary N) is 1. The van der Waals surface area contributed by atoms with E-state index in [0.29, 0.717) is 17.9 Å². The van der Waals surface area contributed by atoms with Crippen molar-refractivity contribution in [1.82, 2.24) is 19.5 Å². The summed E-state index contributed by atoms with van der Waals surface area (Å²) in [6.45, 7) is -0.229. The first kappa shape index (κ1) is 13.0. The quantitative estimate of drug-likeness (QED) is 0.682. The van der Waals surface area contributed by atoms with Gasteiger partial charge in [0.15, 0.2) is 5.82 Å². The average molecular weight is 278 g/mol. The van der Waals surface area contributed by atoms with Gasteiger partial charge >= 0.3 is 0 Å². The molecule has 2 unspecified atom stereocenters. The summed E-state index contributed by atoms with van der Waals surface area (Å²) in [6.07, 6.45) is 3.32. The first-order valence-electron chi connectivity index (χ1n) is 6.21. The fraction of sp³-hybridized carbons (Fsp3) is 0.417. The number of imidazole rings is 1. The van der Waals surface area contributed by atoms with E-state index in [9.17, 15) is 9.90 Å². The van der Waals surface area contributed by atoms with Gasteiger partial charge in [0.1, 0.15) is 18.0 Å². The van der Waals surface area contributed by atoms with E-state index < -0.39 is 12.2 Å². The maximum atomic E-state index is 11.2. The molecule has 1 fully saturated rings. The van der Waals surface area contributed by atoms with Crippen LogP contribution < -0.4 is 5.56 Å². The van der Waals surface area contributed by atoms with Crippen LogP contribution in [0.3, 0.4) is 0 Å². The second-order valence-corrected chi connectivity index (χ2v) is 4.60. The number of hydrogen-bond donors (Lipinski definition) is 3. The molecular formula is C12H14N4O4. The molecule has 0 radical (unpaired) electrons. The van der Waals surface area contributed by atoms with Crippen LogP contribution >= 0.6 is 0 Å². The lowest BCUT2D eigenvalue weighted by Gasteiger charge is -2.12. The summed E-state index contributed by atoms with van der Waals surface area (Å²) >= 11 is 0. The first-order valence-corrected chi connectivity index (χ1v) is 6.21. The van der Waals surface area contributed by atoms with Gasteiger partial charge in [-0.25, -0.2) is 9.97 Å². The molecule has 0 amide bonds. The lowest BCUT2D eigenvalue weighted by Crippen LogP contribution is -2.24. The molecule has 3 N–H and O–H groups in total. The Balaban J connectivity index is 1.83. The predicted molar refractivity (Wildman–Crippen MR) is 67.7 cm³/mol. The summed E-state index contributed by atoms with van der Waals surface area (Å²) < 4.78 is 7.19. The number of aliphatic hydroxyl groups is 2. The van der Waals surface area contributed by atoms with Crippen LogP contribution in [0.2, 0.25) is 0 Å². The van der Waals surface area contributed by atoms with Crippen molar-refractivity contribution in [3.63, 3.8) is 0 Å². The number of rotatable bonds is 3. The van der Waals surface area contributed by atoms with Gasteiger partial charge in [0.2, 0.25) is 0 Å². The summed E-state index contributed by atoms with van der Waals surface area (Å²) in [5.41, 5.74) is 0.255. The van der Waals surface area contributed by atoms with Crippen molar-refractivity contribution in [2.45, 2.75) is 24.9 Å². The lowest BCUT2D eigenvalue weighted by atomic mass is 10.2. The highest BCUT2D eigenvalue weighted by Crippen LogP contribution is 2.29. The number of hydrogen-bond acceptors (Lipinski definition) is 6. The molecule has 3 rings (SSSR count). The van der Waals surface area contributed by atoms with Gasteiger partial charge in [0.05, 0.1) is 19.0 Å². The largest absolute Gasteiger partial charge is 0.394 e. The van der Waals surface area contributed by atoms with Crippen LogP contribution in [-0.2, 0) is 4.74 Å². The van der Waals surface area contributed by atoms with Crippen molar-refractivity contribution in [2.24, 2.45) is 0 Å². The normalized spacial score (nSPS) is 26.0. The zero-order valence-electron chi connectivity index (χ0n) is 10.5. The zero-order valence-corrected chi connectivity index (χ0v) is 10.5. The topological polar surface area (TPSA) is 113 Å². The van der Waals surface area contributed by atoms with E-state index in [1.165, 1.54) is 12.3 Å². The summed E-state index contributed by atoms with van der Waals surface area (Å²) in [6, 6.07) is 1.32. The molecule has 0 spiro atoms. The molecule has 8 heteroatoms. The minimum atomic E-state index is -0.703. The summed E-state index contributed by atoms with van der Waals surface area (Å²) in [5.74, 6) is 0.369. The van der Waals surface area contributed by atoms with Crippen LogP contribution in [0, 0.1) is 0 Å². The van der Waals surface area contributed by atoms with Gasteiger partial charge in [-0.2, -0.15) is 0 Å². The van der Waals surface area contributed by atoms with Gasteiger partial charge in [-0.1, -0.05) is 0 Å². The van der Waals surface area contributed by atoms with E-state index in [1.54, 1.807) is 17.1 Å². The Labute approximate surface area is 113 Å². The number of aromatic amines is 1. The van der Waals surface area contributed by atoms with Crippen molar-refractivity contribution in [3.05, 3.63) is 35.1 Å². The van der Waals surface area contributed by atoms with Gasteiger partial charge in [-0.3, -0.25) is 4.79 Å². The fourth-order valence-electron chi connectivity index (χ4n) is 2.18. The highest BCUT2D eigenvalue weighted by molar-refractivity contribution is 5.46. The Hall–Kier alpha value is -2.03. The van der Waals surface area contributed by atoms with Crippen molar-refractivity contribution in [2.75, 3.05) is 6.61 Å². The third-order valence-electron chi connectivity index (χ3n) is 3.23. The van der Waals surface area contributed by atoms with Gasteiger partial charge in [0, 0.05) is 24.9 Å². The zero-order chi connectivity index (χ0) is 14.1. The van der Waals surface area contributed by atoms with Gasteiger partial charge in [-0.05, 0) is 0 Å². The van der Waals surface area contributed by atoms with Gasteiger partial charge in [0.25, 0.3) is 5.56 Å². The molecule has 2 aromatic heterocycles. The molecule has 1 aliphatic heterocycles. The number of aromatic nitrogens is 4. The Morgan fingerprint density at radius 3 is 3.05 bits per heavy atom. The van der Waals surface area contributed by atoms with Gasteiger partial charge in [-0.15, -0.1) is 0 Å². The van der Waals surface area contributed by atoms with E-state index in [1.807, 2.05) is 0 Å². The van der Waals surface area contributed by atoms with Crippen molar-refractivity contribution >= 4 is 0 Å². The molecule has 0 aromatic carbocycles. The average Bonchev–Trinajstić information content (AvgIpc) is 3.05. The third-order valence-corrected chi connectivity index (χ3v) is 3.23.